The molecule has 5 heteroatoms. The summed E-state index contributed by atoms with van der Waals surface area (Å²) in [6.45, 7) is 1.75. The molecule has 0 atom stereocenters. The molecule has 1 aromatic carbocycles. The van der Waals surface area contributed by atoms with Crippen molar-refractivity contribution in [2.45, 2.75) is 37.9 Å². The van der Waals surface area contributed by atoms with Crippen LogP contribution in [0.3, 0.4) is 0 Å². The molecule has 2 nitrogen and oxygen atoms in total. The number of rotatable bonds is 3. The number of hydrogen-bond donors (Lipinski definition) is 1. The van der Waals surface area contributed by atoms with E-state index >= 15 is 0 Å². The van der Waals surface area contributed by atoms with Gasteiger partial charge in [-0.25, -0.2) is 0 Å². The Hall–Kier alpha value is -1.52. The molecule has 1 aliphatic carbocycles. The van der Waals surface area contributed by atoms with Crippen LogP contribution < -0.4 is 5.32 Å². The summed E-state index contributed by atoms with van der Waals surface area (Å²) in [5.74, 6) is -0.0765. The van der Waals surface area contributed by atoms with Crippen LogP contribution in [0, 0.1) is 0 Å². The third-order valence-corrected chi connectivity index (χ3v) is 3.21. The molecular weight excluding hydrogens is 243 g/mol. The topological polar surface area (TPSA) is 29.1 Å². The monoisotopic (exact) mass is 257 g/mol. The molecular formula is C13H14F3NO. The molecule has 0 spiro atoms. The SMILES string of the molecule is CCC(=O)NC1(c2ccc(C(F)(F)F)cc2)CC1. The molecule has 2 rings (SSSR count). The first kappa shape index (κ1) is 12.9. The molecule has 1 fully saturated rings. The Labute approximate surface area is 103 Å². The summed E-state index contributed by atoms with van der Waals surface area (Å²) in [6.07, 6.45) is -2.38. The van der Waals surface area contributed by atoms with Crippen molar-refractivity contribution in [2.24, 2.45) is 0 Å². The number of benzene rings is 1. The van der Waals surface area contributed by atoms with Gasteiger partial charge in [0.05, 0.1) is 11.1 Å². The lowest BCUT2D eigenvalue weighted by Crippen LogP contribution is -2.34. The summed E-state index contributed by atoms with van der Waals surface area (Å²) >= 11 is 0. The second kappa shape index (κ2) is 4.30. The molecule has 1 aromatic rings. The Morgan fingerprint density at radius 2 is 1.83 bits per heavy atom. The fraction of sp³-hybridized carbons (Fsp3) is 0.462. The van der Waals surface area contributed by atoms with Crippen molar-refractivity contribution >= 4 is 5.91 Å². The van der Waals surface area contributed by atoms with E-state index in [1.54, 1.807) is 6.92 Å². The fourth-order valence-corrected chi connectivity index (χ4v) is 1.94. The normalized spacial score (nSPS) is 17.3. The quantitative estimate of drug-likeness (QED) is 0.885. The smallest absolute Gasteiger partial charge is 0.347 e. The number of carbonyl (C=O) groups is 1. The van der Waals surface area contributed by atoms with Crippen LogP contribution in [0.4, 0.5) is 13.2 Å². The van der Waals surface area contributed by atoms with E-state index in [1.807, 2.05) is 0 Å². The molecule has 0 heterocycles. The first-order valence-electron chi connectivity index (χ1n) is 5.86. The van der Waals surface area contributed by atoms with Crippen molar-refractivity contribution < 1.29 is 18.0 Å². The molecule has 1 saturated carbocycles. The number of hydrogen-bond acceptors (Lipinski definition) is 1. The summed E-state index contributed by atoms with van der Waals surface area (Å²) in [5, 5.41) is 2.87. The van der Waals surface area contributed by atoms with Gasteiger partial charge in [0.15, 0.2) is 0 Å². The maximum Gasteiger partial charge on any atom is 0.416 e. The van der Waals surface area contributed by atoms with Gasteiger partial charge in [0.25, 0.3) is 0 Å². The maximum atomic E-state index is 12.4. The predicted octanol–water partition coefficient (Wildman–Crippen LogP) is 3.22. The molecule has 0 radical (unpaired) electrons. The molecule has 0 aromatic heterocycles. The lowest BCUT2D eigenvalue weighted by Gasteiger charge is -2.18. The van der Waals surface area contributed by atoms with E-state index in [0.29, 0.717) is 6.42 Å². The molecule has 1 aliphatic rings. The van der Waals surface area contributed by atoms with Crippen molar-refractivity contribution in [3.8, 4) is 0 Å². The molecule has 1 amide bonds. The van der Waals surface area contributed by atoms with Crippen LogP contribution in [0.2, 0.25) is 0 Å². The highest BCUT2D eigenvalue weighted by atomic mass is 19.4. The Morgan fingerprint density at radius 3 is 2.22 bits per heavy atom. The van der Waals surface area contributed by atoms with E-state index in [4.69, 9.17) is 0 Å². The van der Waals surface area contributed by atoms with Gasteiger partial charge < -0.3 is 5.32 Å². The van der Waals surface area contributed by atoms with Crippen LogP contribution >= 0.6 is 0 Å². The van der Waals surface area contributed by atoms with Gasteiger partial charge in [-0.05, 0) is 30.5 Å². The molecule has 1 N–H and O–H groups in total. The third-order valence-electron chi connectivity index (χ3n) is 3.21. The van der Waals surface area contributed by atoms with Crippen LogP contribution in [-0.4, -0.2) is 5.91 Å². The molecule has 0 saturated heterocycles. The third kappa shape index (κ3) is 2.49. The van der Waals surface area contributed by atoms with Gasteiger partial charge in [-0.3, -0.25) is 4.79 Å². The molecule has 0 bridgehead atoms. The highest BCUT2D eigenvalue weighted by molar-refractivity contribution is 5.77. The van der Waals surface area contributed by atoms with Gasteiger partial charge in [-0.1, -0.05) is 19.1 Å². The number of carbonyl (C=O) groups excluding carboxylic acids is 1. The van der Waals surface area contributed by atoms with E-state index in [0.717, 1.165) is 30.5 Å². The average Bonchev–Trinajstić information content (AvgIpc) is 3.09. The summed E-state index contributed by atoms with van der Waals surface area (Å²) in [7, 11) is 0. The van der Waals surface area contributed by atoms with Crippen molar-refractivity contribution in [1.82, 2.24) is 5.32 Å². The summed E-state index contributed by atoms with van der Waals surface area (Å²) in [5.41, 5.74) is -0.349. The lowest BCUT2D eigenvalue weighted by molar-refractivity contribution is -0.137. The van der Waals surface area contributed by atoms with Crippen molar-refractivity contribution in [3.05, 3.63) is 35.4 Å². The van der Waals surface area contributed by atoms with Crippen LogP contribution in [-0.2, 0) is 16.5 Å². The van der Waals surface area contributed by atoms with E-state index in [1.165, 1.54) is 12.1 Å². The highest BCUT2D eigenvalue weighted by Gasteiger charge is 2.45. The lowest BCUT2D eigenvalue weighted by atomic mass is 10.0. The van der Waals surface area contributed by atoms with Crippen LogP contribution in [0.25, 0.3) is 0 Å². The van der Waals surface area contributed by atoms with E-state index < -0.39 is 17.3 Å². The zero-order chi connectivity index (χ0) is 13.4. The van der Waals surface area contributed by atoms with Crippen LogP contribution in [0.5, 0.6) is 0 Å². The Balaban J connectivity index is 2.17. The van der Waals surface area contributed by atoms with Crippen molar-refractivity contribution in [2.75, 3.05) is 0 Å². The highest BCUT2D eigenvalue weighted by Crippen LogP contribution is 2.46. The van der Waals surface area contributed by atoms with Gasteiger partial charge in [0.2, 0.25) is 5.91 Å². The summed E-state index contributed by atoms with van der Waals surface area (Å²) in [6, 6.07) is 5.03. The van der Waals surface area contributed by atoms with Crippen LogP contribution in [0.15, 0.2) is 24.3 Å². The number of alkyl halides is 3. The molecule has 18 heavy (non-hydrogen) atoms. The average molecular weight is 257 g/mol. The van der Waals surface area contributed by atoms with Crippen LogP contribution in [0.1, 0.15) is 37.3 Å². The second-order valence-electron chi connectivity index (χ2n) is 4.56. The van der Waals surface area contributed by atoms with Gasteiger partial charge in [-0.15, -0.1) is 0 Å². The minimum atomic E-state index is -4.32. The van der Waals surface area contributed by atoms with Gasteiger partial charge >= 0.3 is 6.18 Å². The standard InChI is InChI=1S/C13H14F3NO/c1-2-11(18)17-12(7-8-12)9-3-5-10(6-4-9)13(14,15)16/h3-6H,2,7-8H2,1H3,(H,17,18). The Kier molecular flexibility index (Phi) is 3.09. The molecule has 0 unspecified atom stereocenters. The molecule has 0 aliphatic heterocycles. The predicted molar refractivity (Wildman–Crippen MR) is 60.8 cm³/mol. The first-order chi connectivity index (χ1) is 8.37. The van der Waals surface area contributed by atoms with Gasteiger partial charge in [0, 0.05) is 6.42 Å². The number of amides is 1. The number of halogens is 3. The van der Waals surface area contributed by atoms with E-state index in [2.05, 4.69) is 5.32 Å². The van der Waals surface area contributed by atoms with E-state index in [-0.39, 0.29) is 5.91 Å². The Morgan fingerprint density at radius 1 is 1.28 bits per heavy atom. The minimum absolute atomic E-state index is 0.0765. The molecule has 98 valence electrons. The minimum Gasteiger partial charge on any atom is -0.347 e. The number of nitrogens with one attached hydrogen (secondary N) is 1. The second-order valence-corrected chi connectivity index (χ2v) is 4.56. The van der Waals surface area contributed by atoms with Gasteiger partial charge in [-0.2, -0.15) is 13.2 Å². The van der Waals surface area contributed by atoms with Crippen molar-refractivity contribution in [3.63, 3.8) is 0 Å². The van der Waals surface area contributed by atoms with Crippen molar-refractivity contribution in [1.29, 1.82) is 0 Å². The van der Waals surface area contributed by atoms with Gasteiger partial charge in [0.1, 0.15) is 0 Å². The zero-order valence-corrected chi connectivity index (χ0v) is 9.97. The Bertz CT molecular complexity index is 446. The summed E-state index contributed by atoms with van der Waals surface area (Å²) in [4.78, 5) is 11.4. The zero-order valence-electron chi connectivity index (χ0n) is 9.97. The first-order valence-corrected chi connectivity index (χ1v) is 5.86. The largest absolute Gasteiger partial charge is 0.416 e. The maximum absolute atomic E-state index is 12.4. The fourth-order valence-electron chi connectivity index (χ4n) is 1.94. The van der Waals surface area contributed by atoms with E-state index in [9.17, 15) is 18.0 Å². The summed E-state index contributed by atoms with van der Waals surface area (Å²) < 4.78 is 37.3.